The normalized spacial score (nSPS) is 13.6. The van der Waals surface area contributed by atoms with Crippen molar-refractivity contribution in [3.63, 3.8) is 0 Å². The number of imidazole rings is 1. The first-order valence-electron chi connectivity index (χ1n) is 10.2. The number of aromatic amines is 1. The standard InChI is InChI=1S/C22H26F3N5O2/c1-3-10-26-20(32)27-12-14-6-4-9-17-18(14)29-19(28-17)30-21(2,13-31)15-7-5-8-16(11-15)22(23,24)25/h4-9,11,31H,3,10,12-13H2,1-2H3,(H2,26,27,32)(H2,28,29,30). The van der Waals surface area contributed by atoms with Gasteiger partial charge in [0.25, 0.3) is 0 Å². The molecule has 0 radical (unpaired) electrons. The Hall–Kier alpha value is -3.27. The molecule has 1 heterocycles. The van der Waals surface area contributed by atoms with Crippen molar-refractivity contribution in [2.45, 2.75) is 38.5 Å². The Bertz CT molecular complexity index is 1080. The molecular formula is C22H26F3N5O2. The summed E-state index contributed by atoms with van der Waals surface area (Å²) in [5.41, 5.74) is 0.317. The van der Waals surface area contributed by atoms with Gasteiger partial charge in [0.15, 0.2) is 0 Å². The number of nitrogens with zero attached hydrogens (tertiary/aromatic N) is 1. The maximum absolute atomic E-state index is 13.1. The predicted octanol–water partition coefficient (Wildman–Crippen LogP) is 4.11. The molecule has 7 nitrogen and oxygen atoms in total. The first kappa shape index (κ1) is 23.4. The largest absolute Gasteiger partial charge is 0.416 e. The van der Waals surface area contributed by atoms with Crippen LogP contribution in [0.1, 0.15) is 37.0 Å². The third-order valence-corrected chi connectivity index (χ3v) is 5.11. The van der Waals surface area contributed by atoms with Crippen molar-refractivity contribution in [3.05, 3.63) is 59.2 Å². The van der Waals surface area contributed by atoms with E-state index in [1.54, 1.807) is 13.0 Å². The molecule has 0 fully saturated rings. The van der Waals surface area contributed by atoms with Crippen LogP contribution in [0.5, 0.6) is 0 Å². The summed E-state index contributed by atoms with van der Waals surface area (Å²) in [5, 5.41) is 18.5. The summed E-state index contributed by atoms with van der Waals surface area (Å²) in [7, 11) is 0. The summed E-state index contributed by atoms with van der Waals surface area (Å²) in [6.07, 6.45) is -3.66. The van der Waals surface area contributed by atoms with Crippen molar-refractivity contribution in [3.8, 4) is 0 Å². The Morgan fingerprint density at radius 3 is 2.53 bits per heavy atom. The molecule has 0 saturated heterocycles. The summed E-state index contributed by atoms with van der Waals surface area (Å²) in [4.78, 5) is 19.4. The zero-order valence-electron chi connectivity index (χ0n) is 17.8. The van der Waals surface area contributed by atoms with E-state index in [0.29, 0.717) is 17.6 Å². The van der Waals surface area contributed by atoms with E-state index in [4.69, 9.17) is 0 Å². The Morgan fingerprint density at radius 2 is 1.84 bits per heavy atom. The number of carbonyl (C=O) groups excluding carboxylic acids is 1. The lowest BCUT2D eigenvalue weighted by Crippen LogP contribution is -2.36. The topological polar surface area (TPSA) is 102 Å². The van der Waals surface area contributed by atoms with Crippen LogP contribution in [0.15, 0.2) is 42.5 Å². The number of halogens is 3. The summed E-state index contributed by atoms with van der Waals surface area (Å²) < 4.78 is 39.4. The van der Waals surface area contributed by atoms with Crippen LogP contribution in [0.3, 0.4) is 0 Å². The molecule has 1 unspecified atom stereocenters. The number of alkyl halides is 3. The number of aliphatic hydroxyl groups excluding tert-OH is 1. The number of aliphatic hydroxyl groups is 1. The Kier molecular flexibility index (Phi) is 6.93. The fraction of sp³-hybridized carbons (Fsp3) is 0.364. The molecule has 10 heteroatoms. The Labute approximate surface area is 183 Å². The molecule has 0 aliphatic heterocycles. The number of hydrogen-bond donors (Lipinski definition) is 5. The zero-order valence-corrected chi connectivity index (χ0v) is 17.8. The molecule has 2 aromatic carbocycles. The maximum Gasteiger partial charge on any atom is 0.416 e. The van der Waals surface area contributed by atoms with Gasteiger partial charge in [-0.15, -0.1) is 0 Å². The fourth-order valence-corrected chi connectivity index (χ4v) is 3.27. The highest BCUT2D eigenvalue weighted by atomic mass is 19.4. The minimum Gasteiger partial charge on any atom is -0.394 e. The van der Waals surface area contributed by atoms with Gasteiger partial charge in [-0.25, -0.2) is 9.78 Å². The lowest BCUT2D eigenvalue weighted by molar-refractivity contribution is -0.137. The number of para-hydroxylation sites is 1. The van der Waals surface area contributed by atoms with Crippen LogP contribution in [0, 0.1) is 0 Å². The first-order valence-corrected chi connectivity index (χ1v) is 10.2. The van der Waals surface area contributed by atoms with Gasteiger partial charge in [-0.05, 0) is 42.7 Å². The molecule has 1 aromatic heterocycles. The van der Waals surface area contributed by atoms with Crippen LogP contribution in [0.25, 0.3) is 11.0 Å². The number of nitrogens with one attached hydrogen (secondary N) is 4. The highest BCUT2D eigenvalue weighted by molar-refractivity contribution is 5.82. The summed E-state index contributed by atoms with van der Waals surface area (Å²) >= 11 is 0. The van der Waals surface area contributed by atoms with Crippen LogP contribution in [-0.4, -0.2) is 34.3 Å². The van der Waals surface area contributed by atoms with E-state index in [2.05, 4.69) is 25.9 Å². The molecule has 3 rings (SSSR count). The molecule has 0 saturated carbocycles. The quantitative estimate of drug-likeness (QED) is 0.357. The Morgan fingerprint density at radius 1 is 1.12 bits per heavy atom. The summed E-state index contributed by atoms with van der Waals surface area (Å²) in [6, 6.07) is 9.97. The van der Waals surface area contributed by atoms with Crippen LogP contribution < -0.4 is 16.0 Å². The number of H-pyrrole nitrogens is 1. The molecule has 32 heavy (non-hydrogen) atoms. The fourth-order valence-electron chi connectivity index (χ4n) is 3.27. The first-order chi connectivity index (χ1) is 15.2. The predicted molar refractivity (Wildman–Crippen MR) is 116 cm³/mol. The molecule has 1 atom stereocenters. The Balaban J connectivity index is 1.84. The van der Waals surface area contributed by atoms with Gasteiger partial charge in [0.1, 0.15) is 0 Å². The van der Waals surface area contributed by atoms with E-state index in [1.807, 2.05) is 19.1 Å². The third kappa shape index (κ3) is 5.31. The van der Waals surface area contributed by atoms with Gasteiger partial charge < -0.3 is 26.0 Å². The van der Waals surface area contributed by atoms with Crippen LogP contribution in [-0.2, 0) is 18.3 Å². The molecule has 0 spiro atoms. The smallest absolute Gasteiger partial charge is 0.394 e. The van der Waals surface area contributed by atoms with Crippen molar-refractivity contribution in [1.29, 1.82) is 0 Å². The molecule has 3 aromatic rings. The maximum atomic E-state index is 13.1. The highest BCUT2D eigenvalue weighted by Crippen LogP contribution is 2.33. The number of rotatable bonds is 8. The number of anilines is 1. The average Bonchev–Trinajstić information content (AvgIpc) is 3.18. The SMILES string of the molecule is CCCNC(=O)NCc1cccc2[nH]c(NC(C)(CO)c3cccc(C(F)(F)F)c3)nc12. The number of hydrogen-bond acceptors (Lipinski definition) is 4. The van der Waals surface area contributed by atoms with Gasteiger partial charge in [0.05, 0.1) is 28.7 Å². The van der Waals surface area contributed by atoms with Gasteiger partial charge in [-0.3, -0.25) is 0 Å². The highest BCUT2D eigenvalue weighted by Gasteiger charge is 2.34. The second-order valence-electron chi connectivity index (χ2n) is 7.70. The summed E-state index contributed by atoms with van der Waals surface area (Å²) in [5.74, 6) is 0.289. The lowest BCUT2D eigenvalue weighted by Gasteiger charge is -2.29. The summed E-state index contributed by atoms with van der Waals surface area (Å²) in [6.45, 7) is 3.91. The minimum atomic E-state index is -4.49. The van der Waals surface area contributed by atoms with Crippen molar-refractivity contribution < 1.29 is 23.1 Å². The van der Waals surface area contributed by atoms with E-state index in [0.717, 1.165) is 24.1 Å². The second-order valence-corrected chi connectivity index (χ2v) is 7.70. The molecule has 0 aliphatic rings. The van der Waals surface area contributed by atoms with Crippen molar-refractivity contribution in [1.82, 2.24) is 20.6 Å². The number of carbonyl (C=O) groups is 1. The van der Waals surface area contributed by atoms with E-state index < -0.39 is 23.9 Å². The number of amides is 2. The lowest BCUT2D eigenvalue weighted by atomic mass is 9.91. The number of benzene rings is 2. The van der Waals surface area contributed by atoms with E-state index in [-0.39, 0.29) is 24.1 Å². The van der Waals surface area contributed by atoms with Crippen LogP contribution in [0.4, 0.5) is 23.9 Å². The molecule has 5 N–H and O–H groups in total. The van der Waals surface area contributed by atoms with Gasteiger partial charge in [0, 0.05) is 13.1 Å². The third-order valence-electron chi connectivity index (χ3n) is 5.11. The van der Waals surface area contributed by atoms with Gasteiger partial charge >= 0.3 is 12.2 Å². The number of aromatic nitrogens is 2. The van der Waals surface area contributed by atoms with Crippen molar-refractivity contribution in [2.75, 3.05) is 18.5 Å². The van der Waals surface area contributed by atoms with Crippen LogP contribution in [0.2, 0.25) is 0 Å². The average molecular weight is 449 g/mol. The molecule has 0 bridgehead atoms. The van der Waals surface area contributed by atoms with Crippen molar-refractivity contribution in [2.24, 2.45) is 0 Å². The van der Waals surface area contributed by atoms with E-state index >= 15 is 0 Å². The van der Waals surface area contributed by atoms with Gasteiger partial charge in [-0.1, -0.05) is 31.2 Å². The van der Waals surface area contributed by atoms with Gasteiger partial charge in [-0.2, -0.15) is 13.2 Å². The van der Waals surface area contributed by atoms with Gasteiger partial charge in [0.2, 0.25) is 5.95 Å². The molecule has 0 aliphatic carbocycles. The minimum absolute atomic E-state index is 0.252. The number of urea groups is 1. The molecule has 2 amide bonds. The number of fused-ring (bicyclic) bond motifs is 1. The second kappa shape index (κ2) is 9.47. The zero-order chi connectivity index (χ0) is 23.4. The molecular weight excluding hydrogens is 423 g/mol. The van der Waals surface area contributed by atoms with Crippen LogP contribution >= 0.6 is 0 Å². The van der Waals surface area contributed by atoms with Crippen molar-refractivity contribution >= 4 is 23.0 Å². The van der Waals surface area contributed by atoms with E-state index in [9.17, 15) is 23.1 Å². The monoisotopic (exact) mass is 449 g/mol. The van der Waals surface area contributed by atoms with E-state index in [1.165, 1.54) is 12.1 Å². The molecule has 172 valence electrons.